The smallest absolute Gasteiger partial charge is 0.387 e. The van der Waals surface area contributed by atoms with Gasteiger partial charge in [0.25, 0.3) is 0 Å². The third kappa shape index (κ3) is 4.54. The average Bonchev–Trinajstić information content (AvgIpc) is 2.41. The van der Waals surface area contributed by atoms with Crippen molar-refractivity contribution in [2.45, 2.75) is 13.2 Å². The van der Waals surface area contributed by atoms with Gasteiger partial charge in [0.2, 0.25) is 0 Å². The fraction of sp³-hybridized carbons (Fsp3) is 0.143. The molecular weight excluding hydrogens is 371 g/mol. The van der Waals surface area contributed by atoms with E-state index in [1.807, 2.05) is 0 Å². The molecule has 0 saturated heterocycles. The first kappa shape index (κ1) is 16.0. The van der Waals surface area contributed by atoms with Gasteiger partial charge in [-0.2, -0.15) is 8.78 Å². The molecule has 0 aliphatic heterocycles. The van der Waals surface area contributed by atoms with E-state index in [-0.39, 0.29) is 11.6 Å². The van der Waals surface area contributed by atoms with E-state index < -0.39 is 6.61 Å². The lowest BCUT2D eigenvalue weighted by Gasteiger charge is -2.15. The summed E-state index contributed by atoms with van der Waals surface area (Å²) in [7, 11) is 0. The molecule has 0 spiro atoms. The van der Waals surface area contributed by atoms with Gasteiger partial charge in [-0.3, -0.25) is 0 Å². The molecule has 7 heteroatoms. The van der Waals surface area contributed by atoms with Gasteiger partial charge >= 0.3 is 6.61 Å². The Morgan fingerprint density at radius 3 is 2.48 bits per heavy atom. The van der Waals surface area contributed by atoms with Gasteiger partial charge < -0.3 is 10.1 Å². The Balaban J connectivity index is 2.19. The minimum absolute atomic E-state index is 0.0310. The van der Waals surface area contributed by atoms with Crippen molar-refractivity contribution >= 4 is 33.2 Å². The van der Waals surface area contributed by atoms with E-state index in [4.69, 9.17) is 11.6 Å². The monoisotopic (exact) mass is 379 g/mol. The second-order valence-corrected chi connectivity index (χ2v) is 5.41. The minimum Gasteiger partial charge on any atom is -0.431 e. The predicted molar refractivity (Wildman–Crippen MR) is 79.5 cm³/mol. The molecule has 0 aliphatic carbocycles. The average molecular weight is 381 g/mol. The molecule has 112 valence electrons. The fourth-order valence-electron chi connectivity index (χ4n) is 1.70. The normalized spacial score (nSPS) is 10.8. The minimum atomic E-state index is -2.95. The van der Waals surface area contributed by atoms with Crippen LogP contribution < -0.4 is 10.1 Å². The van der Waals surface area contributed by atoms with Gasteiger partial charge in [-0.25, -0.2) is 4.39 Å². The molecule has 0 radical (unpaired) electrons. The lowest BCUT2D eigenvalue weighted by molar-refractivity contribution is -0.0498. The summed E-state index contributed by atoms with van der Waals surface area (Å²) in [6.45, 7) is -2.64. The van der Waals surface area contributed by atoms with Crippen molar-refractivity contribution in [3.05, 3.63) is 57.3 Å². The number of ether oxygens (including phenoxy) is 1. The van der Waals surface area contributed by atoms with Crippen LogP contribution in [0.1, 0.15) is 5.56 Å². The number of alkyl halides is 2. The second-order valence-electron chi connectivity index (χ2n) is 4.12. The van der Waals surface area contributed by atoms with Crippen LogP contribution in [-0.4, -0.2) is 6.61 Å². The van der Waals surface area contributed by atoms with Gasteiger partial charge in [0.15, 0.2) is 5.75 Å². The maximum atomic E-state index is 12.8. The Morgan fingerprint density at radius 2 is 1.86 bits per heavy atom. The van der Waals surface area contributed by atoms with Crippen molar-refractivity contribution in [3.63, 3.8) is 0 Å². The van der Waals surface area contributed by atoms with Crippen LogP contribution in [0.4, 0.5) is 18.9 Å². The number of hydrogen-bond acceptors (Lipinski definition) is 2. The number of benzene rings is 2. The Labute approximate surface area is 133 Å². The summed E-state index contributed by atoms with van der Waals surface area (Å²) < 4.78 is 42.5. The SMILES string of the molecule is Fc1ccc(CNc2cc(Cl)cc(Br)c2OC(F)F)cc1. The van der Waals surface area contributed by atoms with Crippen molar-refractivity contribution in [3.8, 4) is 5.75 Å². The highest BCUT2D eigenvalue weighted by atomic mass is 79.9. The first-order chi connectivity index (χ1) is 9.95. The molecule has 0 amide bonds. The maximum Gasteiger partial charge on any atom is 0.387 e. The molecule has 0 heterocycles. The number of nitrogens with one attached hydrogen (secondary N) is 1. The van der Waals surface area contributed by atoms with Crippen molar-refractivity contribution < 1.29 is 17.9 Å². The van der Waals surface area contributed by atoms with Gasteiger partial charge in [0.05, 0.1) is 10.2 Å². The van der Waals surface area contributed by atoms with Crippen LogP contribution in [0.5, 0.6) is 5.75 Å². The van der Waals surface area contributed by atoms with Crippen molar-refractivity contribution in [1.82, 2.24) is 0 Å². The highest BCUT2D eigenvalue weighted by Gasteiger charge is 2.14. The largest absolute Gasteiger partial charge is 0.431 e. The molecule has 0 atom stereocenters. The zero-order chi connectivity index (χ0) is 15.4. The van der Waals surface area contributed by atoms with Crippen LogP contribution in [0.3, 0.4) is 0 Å². The van der Waals surface area contributed by atoms with Crippen LogP contribution in [-0.2, 0) is 6.54 Å². The Bertz CT molecular complexity index is 622. The van der Waals surface area contributed by atoms with Crippen LogP contribution in [0, 0.1) is 5.82 Å². The van der Waals surface area contributed by atoms with Gasteiger partial charge in [0.1, 0.15) is 5.82 Å². The van der Waals surface area contributed by atoms with E-state index in [1.54, 1.807) is 12.1 Å². The van der Waals surface area contributed by atoms with E-state index in [2.05, 4.69) is 26.0 Å². The first-order valence-electron chi connectivity index (χ1n) is 5.88. The molecule has 0 aromatic heterocycles. The molecule has 2 aromatic rings. The molecule has 0 bridgehead atoms. The summed E-state index contributed by atoms with van der Waals surface area (Å²) in [6.07, 6.45) is 0. The number of hydrogen-bond donors (Lipinski definition) is 1. The third-order valence-corrected chi connectivity index (χ3v) is 3.42. The van der Waals surface area contributed by atoms with Gasteiger partial charge in [0, 0.05) is 11.6 Å². The lowest BCUT2D eigenvalue weighted by Crippen LogP contribution is -2.07. The maximum absolute atomic E-state index is 12.8. The Hall–Kier alpha value is -1.40. The lowest BCUT2D eigenvalue weighted by atomic mass is 10.2. The van der Waals surface area contributed by atoms with E-state index in [0.29, 0.717) is 21.7 Å². The summed E-state index contributed by atoms with van der Waals surface area (Å²) in [5.41, 5.74) is 1.11. The third-order valence-electron chi connectivity index (χ3n) is 2.61. The van der Waals surface area contributed by atoms with Crippen molar-refractivity contribution in [2.24, 2.45) is 0 Å². The van der Waals surface area contributed by atoms with E-state index >= 15 is 0 Å². The van der Waals surface area contributed by atoms with Crippen LogP contribution in [0.2, 0.25) is 5.02 Å². The standard InChI is InChI=1S/C14H10BrClF3NO/c15-11-5-9(16)6-12(13(11)21-14(18)19)20-7-8-1-3-10(17)4-2-8/h1-6,14,20H,7H2. The highest BCUT2D eigenvalue weighted by Crippen LogP contribution is 2.37. The topological polar surface area (TPSA) is 21.3 Å². The van der Waals surface area contributed by atoms with E-state index in [0.717, 1.165) is 5.56 Å². The van der Waals surface area contributed by atoms with Crippen LogP contribution in [0.25, 0.3) is 0 Å². The zero-order valence-electron chi connectivity index (χ0n) is 10.5. The van der Waals surface area contributed by atoms with Crippen LogP contribution >= 0.6 is 27.5 Å². The molecule has 21 heavy (non-hydrogen) atoms. The van der Waals surface area contributed by atoms with Gasteiger partial charge in [-0.15, -0.1) is 0 Å². The van der Waals surface area contributed by atoms with E-state index in [9.17, 15) is 13.2 Å². The summed E-state index contributed by atoms with van der Waals surface area (Å²) in [4.78, 5) is 0. The number of rotatable bonds is 5. The predicted octanol–water partition coefficient (Wildman–Crippen LogP) is 5.46. The highest BCUT2D eigenvalue weighted by molar-refractivity contribution is 9.10. The molecule has 1 N–H and O–H groups in total. The Morgan fingerprint density at radius 1 is 1.19 bits per heavy atom. The van der Waals surface area contributed by atoms with Crippen LogP contribution in [0.15, 0.2) is 40.9 Å². The number of halogens is 5. The second kappa shape index (κ2) is 7.04. The molecule has 0 fully saturated rings. The number of anilines is 1. The van der Waals surface area contributed by atoms with Crippen molar-refractivity contribution in [2.75, 3.05) is 5.32 Å². The molecule has 2 rings (SSSR count). The zero-order valence-corrected chi connectivity index (χ0v) is 12.9. The summed E-state index contributed by atoms with van der Waals surface area (Å²) in [5.74, 6) is -0.373. The van der Waals surface area contributed by atoms with Gasteiger partial charge in [-0.1, -0.05) is 23.7 Å². The fourth-order valence-corrected chi connectivity index (χ4v) is 2.60. The molecular formula is C14H10BrClF3NO. The Kier molecular flexibility index (Phi) is 5.36. The molecule has 2 nitrogen and oxygen atoms in total. The van der Waals surface area contributed by atoms with E-state index in [1.165, 1.54) is 24.3 Å². The molecule has 2 aromatic carbocycles. The molecule has 0 saturated carbocycles. The summed E-state index contributed by atoms with van der Waals surface area (Å²) in [5, 5.41) is 3.31. The summed E-state index contributed by atoms with van der Waals surface area (Å²) >= 11 is 9.03. The quantitative estimate of drug-likeness (QED) is 0.744. The van der Waals surface area contributed by atoms with Gasteiger partial charge in [-0.05, 0) is 45.8 Å². The molecule has 0 aliphatic rings. The van der Waals surface area contributed by atoms with Crippen molar-refractivity contribution in [1.29, 1.82) is 0 Å². The summed E-state index contributed by atoms with van der Waals surface area (Å²) in [6, 6.07) is 8.77. The molecule has 0 unspecified atom stereocenters. The first-order valence-corrected chi connectivity index (χ1v) is 7.05.